The van der Waals surface area contributed by atoms with E-state index in [1.807, 2.05) is 47.5 Å². The molecule has 2 aliphatic rings. The number of piperidine rings is 1. The van der Waals surface area contributed by atoms with Crippen LogP contribution in [-0.2, 0) is 25.7 Å². The highest BCUT2D eigenvalue weighted by atomic mass is 32.2. The number of carbonyl (C=O) groups is 3. The molecule has 2 aromatic rings. The van der Waals surface area contributed by atoms with Gasteiger partial charge in [-0.15, -0.1) is 0 Å². The van der Waals surface area contributed by atoms with Crippen molar-refractivity contribution in [3.05, 3.63) is 65.7 Å². The summed E-state index contributed by atoms with van der Waals surface area (Å²) in [7, 11) is 0. The van der Waals surface area contributed by atoms with E-state index >= 15 is 0 Å². The van der Waals surface area contributed by atoms with Crippen LogP contribution in [0.15, 0.2) is 59.7 Å². The Labute approximate surface area is 214 Å². The number of carbonyl (C=O) groups excluding carboxylic acids is 3. The molecule has 0 N–H and O–H groups in total. The Hall–Kier alpha value is -3.53. The molecule has 0 aliphatic carbocycles. The zero-order valence-corrected chi connectivity index (χ0v) is 20.9. The standard InChI is InChI=1S/C26H29N3O6S/c1-2-33-24(31)18-34-22-10-8-20(9-11-22)25-27-29(23(16-30)36-25)21-12-14-28(15-13-21)26(32)35-17-19-6-4-3-5-7-19/h3-11,16,21,23H,2,12-15,17-18H2,1H3. The predicted octanol–water partition coefficient (Wildman–Crippen LogP) is 3.67. The Morgan fingerprint density at radius 1 is 1.06 bits per heavy atom. The van der Waals surface area contributed by atoms with Crippen molar-refractivity contribution in [2.24, 2.45) is 5.10 Å². The minimum Gasteiger partial charge on any atom is -0.482 e. The Balaban J connectivity index is 1.30. The molecule has 0 radical (unpaired) electrons. The van der Waals surface area contributed by atoms with Gasteiger partial charge in [-0.2, -0.15) is 5.10 Å². The Morgan fingerprint density at radius 3 is 2.44 bits per heavy atom. The van der Waals surface area contributed by atoms with E-state index in [9.17, 15) is 14.4 Å². The summed E-state index contributed by atoms with van der Waals surface area (Å²) >= 11 is 1.40. The predicted molar refractivity (Wildman–Crippen MR) is 136 cm³/mol. The average molecular weight is 512 g/mol. The van der Waals surface area contributed by atoms with Crippen LogP contribution in [0.5, 0.6) is 5.75 Å². The smallest absolute Gasteiger partial charge is 0.410 e. The summed E-state index contributed by atoms with van der Waals surface area (Å²) in [5.41, 5.74) is 1.81. The topological polar surface area (TPSA) is 97.7 Å². The van der Waals surface area contributed by atoms with Crippen molar-refractivity contribution in [2.45, 2.75) is 37.8 Å². The first-order valence-electron chi connectivity index (χ1n) is 11.9. The van der Waals surface area contributed by atoms with E-state index in [0.29, 0.717) is 38.3 Å². The quantitative estimate of drug-likeness (QED) is 0.372. The molecule has 4 rings (SSSR count). The summed E-state index contributed by atoms with van der Waals surface area (Å²) in [6.07, 6.45) is 1.97. The van der Waals surface area contributed by atoms with Gasteiger partial charge in [0, 0.05) is 18.7 Å². The highest BCUT2D eigenvalue weighted by Crippen LogP contribution is 2.33. The molecule has 0 aromatic heterocycles. The largest absolute Gasteiger partial charge is 0.482 e. The Kier molecular flexibility index (Phi) is 8.83. The summed E-state index contributed by atoms with van der Waals surface area (Å²) in [6.45, 7) is 3.24. The fourth-order valence-electron chi connectivity index (χ4n) is 4.02. The zero-order valence-electron chi connectivity index (χ0n) is 20.1. The first-order valence-corrected chi connectivity index (χ1v) is 12.8. The monoisotopic (exact) mass is 511 g/mol. The molecule has 0 spiro atoms. The van der Waals surface area contributed by atoms with E-state index in [1.165, 1.54) is 11.8 Å². The van der Waals surface area contributed by atoms with Gasteiger partial charge >= 0.3 is 12.1 Å². The molecule has 1 unspecified atom stereocenters. The number of likely N-dealkylation sites (tertiary alicyclic amines) is 1. The molecule has 1 amide bonds. The average Bonchev–Trinajstić information content (AvgIpc) is 3.36. The van der Waals surface area contributed by atoms with Crippen LogP contribution < -0.4 is 4.74 Å². The maximum absolute atomic E-state index is 12.5. The lowest BCUT2D eigenvalue weighted by atomic mass is 10.0. The van der Waals surface area contributed by atoms with Crippen LogP contribution in [0.25, 0.3) is 0 Å². The maximum Gasteiger partial charge on any atom is 0.410 e. The molecule has 0 bridgehead atoms. The van der Waals surface area contributed by atoms with Crippen molar-refractivity contribution >= 4 is 35.2 Å². The maximum atomic E-state index is 12.5. The minimum absolute atomic E-state index is 0.0514. The molecule has 190 valence electrons. The fraction of sp³-hybridized carbons (Fsp3) is 0.385. The van der Waals surface area contributed by atoms with Crippen LogP contribution in [0, 0.1) is 0 Å². The van der Waals surface area contributed by atoms with E-state index in [0.717, 1.165) is 22.5 Å². The zero-order chi connectivity index (χ0) is 25.3. The molecule has 1 atom stereocenters. The van der Waals surface area contributed by atoms with Gasteiger partial charge in [0.05, 0.1) is 12.6 Å². The summed E-state index contributed by atoms with van der Waals surface area (Å²) in [4.78, 5) is 37.4. The highest BCUT2D eigenvalue weighted by molar-refractivity contribution is 8.15. The number of ether oxygens (including phenoxy) is 3. The fourth-order valence-corrected chi connectivity index (χ4v) is 5.05. The van der Waals surface area contributed by atoms with Crippen molar-refractivity contribution in [1.82, 2.24) is 9.91 Å². The van der Waals surface area contributed by atoms with Crippen LogP contribution in [0.1, 0.15) is 30.9 Å². The third-order valence-corrected chi connectivity index (χ3v) is 6.99. The van der Waals surface area contributed by atoms with Gasteiger partial charge in [-0.05, 0) is 49.6 Å². The summed E-state index contributed by atoms with van der Waals surface area (Å²) in [5, 5.41) is 6.92. The van der Waals surface area contributed by atoms with E-state index in [-0.39, 0.29) is 25.3 Å². The van der Waals surface area contributed by atoms with Gasteiger partial charge in [0.25, 0.3) is 0 Å². The van der Waals surface area contributed by atoms with Gasteiger partial charge in [-0.3, -0.25) is 9.80 Å². The van der Waals surface area contributed by atoms with Crippen molar-refractivity contribution in [2.75, 3.05) is 26.3 Å². The number of nitrogens with zero attached hydrogens (tertiary/aromatic N) is 3. The van der Waals surface area contributed by atoms with Crippen LogP contribution in [0.3, 0.4) is 0 Å². The van der Waals surface area contributed by atoms with Gasteiger partial charge in [0.1, 0.15) is 17.4 Å². The van der Waals surface area contributed by atoms with Crippen LogP contribution in [-0.4, -0.2) is 71.0 Å². The highest BCUT2D eigenvalue weighted by Gasteiger charge is 2.36. The number of hydrogen-bond donors (Lipinski definition) is 0. The van der Waals surface area contributed by atoms with Gasteiger partial charge in [-0.1, -0.05) is 42.1 Å². The van der Waals surface area contributed by atoms with Gasteiger partial charge in [-0.25, -0.2) is 9.59 Å². The lowest BCUT2D eigenvalue weighted by Gasteiger charge is -2.36. The lowest BCUT2D eigenvalue weighted by molar-refractivity contribution is -0.145. The summed E-state index contributed by atoms with van der Waals surface area (Å²) in [5.74, 6) is 0.128. The summed E-state index contributed by atoms with van der Waals surface area (Å²) < 4.78 is 15.7. The first kappa shape index (κ1) is 25.6. The number of rotatable bonds is 9. The van der Waals surface area contributed by atoms with Crippen molar-refractivity contribution in [1.29, 1.82) is 0 Å². The van der Waals surface area contributed by atoms with Gasteiger partial charge in [0.15, 0.2) is 18.3 Å². The van der Waals surface area contributed by atoms with E-state index < -0.39 is 11.3 Å². The Bertz CT molecular complexity index is 1070. The number of amides is 1. The second-order valence-electron chi connectivity index (χ2n) is 8.31. The minimum atomic E-state index is -0.419. The molecule has 2 aromatic carbocycles. The van der Waals surface area contributed by atoms with Crippen LogP contribution in [0.4, 0.5) is 4.79 Å². The van der Waals surface area contributed by atoms with Crippen molar-refractivity contribution in [3.8, 4) is 5.75 Å². The Morgan fingerprint density at radius 2 is 1.78 bits per heavy atom. The van der Waals surface area contributed by atoms with Crippen LogP contribution >= 0.6 is 11.8 Å². The molecule has 36 heavy (non-hydrogen) atoms. The first-order chi connectivity index (χ1) is 17.6. The number of hydrogen-bond acceptors (Lipinski definition) is 9. The number of thioether (sulfide) groups is 1. The molecule has 1 fully saturated rings. The van der Waals surface area contributed by atoms with E-state index in [2.05, 4.69) is 0 Å². The molecular weight excluding hydrogens is 482 g/mol. The second kappa shape index (κ2) is 12.4. The number of benzene rings is 2. The number of hydrazone groups is 1. The molecule has 2 heterocycles. The third-order valence-electron chi connectivity index (χ3n) is 5.88. The van der Waals surface area contributed by atoms with Crippen molar-refractivity contribution < 1.29 is 28.6 Å². The molecule has 1 saturated heterocycles. The second-order valence-corrected chi connectivity index (χ2v) is 9.41. The molecule has 9 nitrogen and oxygen atoms in total. The molecule has 10 heteroatoms. The lowest BCUT2D eigenvalue weighted by Crippen LogP contribution is -2.46. The number of esters is 1. The van der Waals surface area contributed by atoms with Crippen LogP contribution in [0.2, 0.25) is 0 Å². The molecule has 2 aliphatic heterocycles. The van der Waals surface area contributed by atoms with E-state index in [4.69, 9.17) is 19.3 Å². The normalized spacial score (nSPS) is 17.9. The number of aldehydes is 1. The third kappa shape index (κ3) is 6.57. The van der Waals surface area contributed by atoms with Gasteiger partial charge in [0.2, 0.25) is 0 Å². The van der Waals surface area contributed by atoms with Crippen molar-refractivity contribution in [3.63, 3.8) is 0 Å². The SMILES string of the molecule is CCOC(=O)COc1ccc(C2=NN(C3CCN(C(=O)OCc4ccccc4)CC3)C(C=O)S2)cc1. The van der Waals surface area contributed by atoms with Gasteiger partial charge < -0.3 is 19.1 Å². The molecule has 0 saturated carbocycles. The summed E-state index contributed by atoms with van der Waals surface area (Å²) in [6, 6.07) is 16.9. The van der Waals surface area contributed by atoms with E-state index in [1.54, 1.807) is 24.0 Å². The molecular formula is C26H29N3O6S.